The molecule has 1 aliphatic rings. The van der Waals surface area contributed by atoms with Gasteiger partial charge in [0.05, 0.1) is 11.2 Å². The van der Waals surface area contributed by atoms with Gasteiger partial charge in [0.2, 0.25) is 0 Å². The minimum absolute atomic E-state index is 0.157. The number of halogens is 1. The first kappa shape index (κ1) is 21.7. The van der Waals surface area contributed by atoms with E-state index in [1.165, 1.54) is 4.68 Å². The predicted molar refractivity (Wildman–Crippen MR) is 131 cm³/mol. The molecule has 170 valence electrons. The van der Waals surface area contributed by atoms with Crippen LogP contribution in [0.3, 0.4) is 0 Å². The topological polar surface area (TPSA) is 63.4 Å². The van der Waals surface area contributed by atoms with Crippen LogP contribution < -0.4 is 5.56 Å². The zero-order valence-electron chi connectivity index (χ0n) is 19.0. The Bertz CT molecular complexity index is 1420. The monoisotopic (exact) mass is 463 g/mol. The lowest BCUT2D eigenvalue weighted by atomic mass is 10.1. The van der Waals surface area contributed by atoms with E-state index >= 15 is 0 Å². The third-order valence-corrected chi connectivity index (χ3v) is 6.76. The summed E-state index contributed by atoms with van der Waals surface area (Å²) in [6.45, 7) is 7.22. The highest BCUT2D eigenvalue weighted by atomic mass is 35.5. The maximum atomic E-state index is 13.8. The first-order valence-corrected chi connectivity index (χ1v) is 11.5. The summed E-state index contributed by atoms with van der Waals surface area (Å²) in [5, 5.41) is 6.59. The Morgan fingerprint density at radius 3 is 2.39 bits per heavy atom. The number of rotatable bonds is 3. The van der Waals surface area contributed by atoms with Crippen molar-refractivity contribution in [2.24, 2.45) is 7.05 Å². The fraction of sp³-hybridized carbons (Fsp3) is 0.320. The van der Waals surface area contributed by atoms with Crippen LogP contribution in [0, 0.1) is 0 Å². The molecule has 0 bridgehead atoms. The van der Waals surface area contributed by atoms with Crippen molar-refractivity contribution in [1.29, 1.82) is 0 Å². The van der Waals surface area contributed by atoms with E-state index in [1.807, 2.05) is 59.0 Å². The minimum atomic E-state index is -0.271. The van der Waals surface area contributed by atoms with E-state index in [0.717, 1.165) is 24.0 Å². The summed E-state index contributed by atoms with van der Waals surface area (Å²) >= 11 is 6.26. The number of hydrogen-bond donors (Lipinski definition) is 0. The van der Waals surface area contributed by atoms with Gasteiger partial charge in [0.25, 0.3) is 11.5 Å². The molecule has 0 N–H and O–H groups in total. The highest BCUT2D eigenvalue weighted by Crippen LogP contribution is 2.31. The van der Waals surface area contributed by atoms with E-state index in [9.17, 15) is 9.59 Å². The molecule has 0 spiro atoms. The molecule has 1 aliphatic heterocycles. The smallest absolute Gasteiger partial charge is 0.296 e. The minimum Gasteiger partial charge on any atom is -0.339 e. The molecule has 1 amide bonds. The summed E-state index contributed by atoms with van der Waals surface area (Å²) in [5.41, 5.74) is 1.87. The van der Waals surface area contributed by atoms with Gasteiger partial charge in [0.15, 0.2) is 5.69 Å². The fourth-order valence-electron chi connectivity index (χ4n) is 4.68. The summed E-state index contributed by atoms with van der Waals surface area (Å²) in [5.74, 6) is -0.157. The van der Waals surface area contributed by atoms with Crippen molar-refractivity contribution in [2.75, 3.05) is 26.2 Å². The van der Waals surface area contributed by atoms with Crippen LogP contribution in [0.15, 0.2) is 53.3 Å². The summed E-state index contributed by atoms with van der Waals surface area (Å²) < 4.78 is 3.15. The van der Waals surface area contributed by atoms with E-state index in [-0.39, 0.29) is 11.5 Å². The van der Waals surface area contributed by atoms with Gasteiger partial charge >= 0.3 is 0 Å². The van der Waals surface area contributed by atoms with E-state index in [0.29, 0.717) is 46.4 Å². The van der Waals surface area contributed by atoms with Crippen molar-refractivity contribution >= 4 is 39.3 Å². The van der Waals surface area contributed by atoms with Crippen molar-refractivity contribution in [3.05, 3.63) is 69.6 Å². The Hall–Kier alpha value is -3.16. The van der Waals surface area contributed by atoms with E-state index < -0.39 is 0 Å². The number of aryl methyl sites for hydroxylation is 1. The molecular weight excluding hydrogens is 438 g/mol. The predicted octanol–water partition coefficient (Wildman–Crippen LogP) is 3.70. The average molecular weight is 464 g/mol. The molecule has 2 aromatic carbocycles. The summed E-state index contributed by atoms with van der Waals surface area (Å²) in [6.07, 6.45) is 0. The Kier molecular flexibility index (Phi) is 5.46. The van der Waals surface area contributed by atoms with Crippen molar-refractivity contribution in [3.8, 4) is 5.69 Å². The van der Waals surface area contributed by atoms with Crippen LogP contribution in [-0.2, 0) is 7.05 Å². The standard InChI is InChI=1S/C25H26ClN5O2/c1-16(2)29-11-13-30(14-12-29)24(32)22-21-19-10-9-17(26)15-20(19)28(3)23(21)25(33)31(27-22)18-7-5-4-6-8-18/h4-10,15-16H,11-14H2,1-3H3. The first-order chi connectivity index (χ1) is 15.9. The van der Waals surface area contributed by atoms with Gasteiger partial charge in [0.1, 0.15) is 5.52 Å². The molecule has 2 aromatic heterocycles. The van der Waals surface area contributed by atoms with E-state index in [2.05, 4.69) is 23.8 Å². The zero-order valence-corrected chi connectivity index (χ0v) is 19.7. The van der Waals surface area contributed by atoms with Gasteiger partial charge in [-0.3, -0.25) is 14.5 Å². The molecule has 33 heavy (non-hydrogen) atoms. The molecule has 7 nitrogen and oxygen atoms in total. The summed E-state index contributed by atoms with van der Waals surface area (Å²) in [6, 6.07) is 15.1. The maximum absolute atomic E-state index is 13.8. The molecule has 1 saturated heterocycles. The van der Waals surface area contributed by atoms with Crippen molar-refractivity contribution in [2.45, 2.75) is 19.9 Å². The van der Waals surface area contributed by atoms with Crippen LogP contribution in [0.4, 0.5) is 0 Å². The molecule has 0 unspecified atom stereocenters. The maximum Gasteiger partial charge on any atom is 0.296 e. The normalized spacial score (nSPS) is 15.1. The molecule has 0 radical (unpaired) electrons. The number of benzene rings is 2. The molecule has 1 fully saturated rings. The Morgan fingerprint density at radius 1 is 1.03 bits per heavy atom. The summed E-state index contributed by atoms with van der Waals surface area (Å²) in [4.78, 5) is 31.6. The number of amides is 1. The third-order valence-electron chi connectivity index (χ3n) is 6.53. The van der Waals surface area contributed by atoms with Gasteiger partial charge in [-0.1, -0.05) is 35.9 Å². The SMILES string of the molecule is CC(C)N1CCN(C(=O)c2nn(-c3ccccc3)c(=O)c3c2c2ccc(Cl)cc2n3C)CC1. The third kappa shape index (κ3) is 3.61. The van der Waals surface area contributed by atoms with Crippen LogP contribution in [0.2, 0.25) is 5.02 Å². The molecule has 3 heterocycles. The second-order valence-electron chi connectivity index (χ2n) is 8.77. The number of fused-ring (bicyclic) bond motifs is 3. The Balaban J connectivity index is 1.74. The number of para-hydroxylation sites is 1. The van der Waals surface area contributed by atoms with Crippen molar-refractivity contribution in [3.63, 3.8) is 0 Å². The van der Waals surface area contributed by atoms with E-state index in [1.54, 1.807) is 6.07 Å². The molecule has 0 aliphatic carbocycles. The van der Waals surface area contributed by atoms with Crippen LogP contribution in [0.25, 0.3) is 27.5 Å². The number of hydrogen-bond acceptors (Lipinski definition) is 4. The number of aromatic nitrogens is 3. The molecule has 0 saturated carbocycles. The molecule has 0 atom stereocenters. The average Bonchev–Trinajstić information content (AvgIpc) is 3.12. The van der Waals surface area contributed by atoms with E-state index in [4.69, 9.17) is 11.6 Å². The van der Waals surface area contributed by atoms with Crippen molar-refractivity contribution < 1.29 is 4.79 Å². The van der Waals surface area contributed by atoms with Gasteiger partial charge in [0, 0.05) is 55.1 Å². The van der Waals surface area contributed by atoms with Gasteiger partial charge in [-0.2, -0.15) is 9.78 Å². The van der Waals surface area contributed by atoms with Crippen LogP contribution >= 0.6 is 11.6 Å². The number of piperazine rings is 1. The fourth-order valence-corrected chi connectivity index (χ4v) is 4.85. The Labute approximate surface area is 196 Å². The number of nitrogens with zero attached hydrogens (tertiary/aromatic N) is 5. The quantitative estimate of drug-likeness (QED) is 0.465. The molecule has 5 rings (SSSR count). The molecule has 4 aromatic rings. The summed E-state index contributed by atoms with van der Waals surface area (Å²) in [7, 11) is 1.83. The van der Waals surface area contributed by atoms with Gasteiger partial charge in [-0.25, -0.2) is 0 Å². The second kappa shape index (κ2) is 8.32. The van der Waals surface area contributed by atoms with Crippen LogP contribution in [0.5, 0.6) is 0 Å². The van der Waals surface area contributed by atoms with Gasteiger partial charge in [-0.15, -0.1) is 0 Å². The lowest BCUT2D eigenvalue weighted by molar-refractivity contribution is 0.0590. The first-order valence-electron chi connectivity index (χ1n) is 11.2. The van der Waals surface area contributed by atoms with Crippen LogP contribution in [0.1, 0.15) is 24.3 Å². The Morgan fingerprint density at radius 2 is 1.73 bits per heavy atom. The number of carbonyl (C=O) groups excluding carboxylic acids is 1. The van der Waals surface area contributed by atoms with Gasteiger partial charge in [-0.05, 0) is 38.1 Å². The van der Waals surface area contributed by atoms with Crippen molar-refractivity contribution in [1.82, 2.24) is 24.1 Å². The van der Waals surface area contributed by atoms with Gasteiger partial charge < -0.3 is 9.47 Å². The second-order valence-corrected chi connectivity index (χ2v) is 9.20. The zero-order chi connectivity index (χ0) is 23.3. The lowest BCUT2D eigenvalue weighted by Gasteiger charge is -2.36. The highest BCUT2D eigenvalue weighted by molar-refractivity contribution is 6.31. The van der Waals surface area contributed by atoms with Crippen LogP contribution in [-0.4, -0.2) is 62.3 Å². The highest BCUT2D eigenvalue weighted by Gasteiger charge is 2.29. The largest absolute Gasteiger partial charge is 0.339 e. The molecule has 8 heteroatoms. The molecular formula is C25H26ClN5O2. The lowest BCUT2D eigenvalue weighted by Crippen LogP contribution is -2.51. The number of carbonyl (C=O) groups is 1.